The third-order valence-corrected chi connectivity index (χ3v) is 5.55. The molecule has 0 unspecified atom stereocenters. The van der Waals surface area contributed by atoms with Crippen molar-refractivity contribution < 1.29 is 76.6 Å². The zero-order chi connectivity index (χ0) is 35.7. The van der Waals surface area contributed by atoms with Gasteiger partial charge in [0, 0.05) is 36.4 Å². The first-order chi connectivity index (χ1) is 22.7. The fourth-order valence-electron chi connectivity index (χ4n) is 3.70. The van der Waals surface area contributed by atoms with Crippen molar-refractivity contribution in [3.8, 4) is 23.0 Å². The quantitative estimate of drug-likeness (QED) is 0.109. The van der Waals surface area contributed by atoms with E-state index in [1.807, 2.05) is 0 Å². The number of carbonyl (C=O) groups excluding carboxylic acids is 5. The monoisotopic (exact) mass is 672 g/mol. The molecule has 18 heteroatoms. The first-order valence-electron chi connectivity index (χ1n) is 13.5. The maximum Gasteiger partial charge on any atom is 0.422 e. The highest BCUT2D eigenvalue weighted by Crippen LogP contribution is 2.31. The van der Waals surface area contributed by atoms with Gasteiger partial charge in [-0.1, -0.05) is 0 Å². The number of aromatic hydroxyl groups is 2. The molecule has 0 amide bonds. The molecule has 2 aromatic carbocycles. The molecule has 2 aromatic heterocycles. The highest BCUT2D eigenvalue weighted by Gasteiger charge is 2.25. The largest absolute Gasteiger partial charge is 0.508 e. The first kappa shape index (κ1) is 35.8. The van der Waals surface area contributed by atoms with E-state index in [0.29, 0.717) is 0 Å². The second kappa shape index (κ2) is 15.5. The predicted molar refractivity (Wildman–Crippen MR) is 156 cm³/mol. The van der Waals surface area contributed by atoms with Crippen LogP contribution in [0.2, 0.25) is 0 Å². The summed E-state index contributed by atoms with van der Waals surface area (Å²) in [5.74, 6) is -10.7. The fourth-order valence-corrected chi connectivity index (χ4v) is 3.70. The van der Waals surface area contributed by atoms with Gasteiger partial charge in [0.05, 0.1) is 19.8 Å². The first-order valence-corrected chi connectivity index (χ1v) is 13.5. The van der Waals surface area contributed by atoms with E-state index in [0.717, 1.165) is 36.4 Å². The van der Waals surface area contributed by atoms with Gasteiger partial charge < -0.3 is 47.8 Å². The summed E-state index contributed by atoms with van der Waals surface area (Å²) in [5.41, 5.74) is -2.05. The number of carbonyl (C=O) groups is 6. The van der Waals surface area contributed by atoms with Gasteiger partial charge in [0.1, 0.15) is 44.9 Å². The van der Waals surface area contributed by atoms with Crippen LogP contribution in [0.3, 0.4) is 0 Å². The van der Waals surface area contributed by atoms with Crippen LogP contribution in [0.1, 0.15) is 41.9 Å². The second-order valence-corrected chi connectivity index (χ2v) is 8.83. The normalized spacial score (nSPS) is 10.3. The third kappa shape index (κ3) is 8.50. The molecule has 48 heavy (non-hydrogen) atoms. The Hall–Kier alpha value is -6.72. The number of aromatic carboxylic acids is 1. The van der Waals surface area contributed by atoms with Crippen LogP contribution in [-0.2, 0) is 33.4 Å². The van der Waals surface area contributed by atoms with Crippen LogP contribution < -0.4 is 20.3 Å². The van der Waals surface area contributed by atoms with Crippen LogP contribution in [0, 0.1) is 0 Å². The molecule has 0 radical (unpaired) electrons. The lowest BCUT2D eigenvalue weighted by Gasteiger charge is -2.10. The van der Waals surface area contributed by atoms with Crippen LogP contribution in [0.25, 0.3) is 21.9 Å². The smallest absolute Gasteiger partial charge is 0.422 e. The molecule has 0 aliphatic carbocycles. The lowest BCUT2D eigenvalue weighted by Crippen LogP contribution is -2.24. The van der Waals surface area contributed by atoms with E-state index in [1.54, 1.807) is 0 Å². The van der Waals surface area contributed by atoms with Crippen molar-refractivity contribution in [3.05, 3.63) is 68.4 Å². The topological polar surface area (TPSA) is 270 Å². The van der Waals surface area contributed by atoms with Gasteiger partial charge in [-0.15, -0.1) is 0 Å². The maximum absolute atomic E-state index is 12.6. The van der Waals surface area contributed by atoms with E-state index in [2.05, 4.69) is 9.47 Å². The number of rotatable bonds is 7. The molecule has 18 nitrogen and oxygen atoms in total. The minimum atomic E-state index is -1.48. The Bertz CT molecular complexity index is 2050. The Kier molecular flexibility index (Phi) is 11.6. The molecule has 0 saturated heterocycles. The molecule has 0 fully saturated rings. The van der Waals surface area contributed by atoms with E-state index >= 15 is 0 Å². The Morgan fingerprint density at radius 2 is 1.15 bits per heavy atom. The molecule has 0 aliphatic rings. The number of ether oxygens (including phenoxy) is 5. The highest BCUT2D eigenvalue weighted by atomic mass is 16.6. The lowest BCUT2D eigenvalue weighted by molar-refractivity contribution is -0.162. The lowest BCUT2D eigenvalue weighted by atomic mass is 10.2. The summed E-state index contributed by atoms with van der Waals surface area (Å²) in [5, 5.41) is 26.7. The predicted octanol–water partition coefficient (Wildman–Crippen LogP) is 1.81. The zero-order valence-corrected chi connectivity index (χ0v) is 25.1. The minimum Gasteiger partial charge on any atom is -0.508 e. The van der Waals surface area contributed by atoms with Gasteiger partial charge in [-0.2, -0.15) is 0 Å². The molecule has 0 atom stereocenters. The summed E-state index contributed by atoms with van der Waals surface area (Å²) in [4.78, 5) is 93.5. The Morgan fingerprint density at radius 3 is 1.73 bits per heavy atom. The summed E-state index contributed by atoms with van der Waals surface area (Å²) in [6, 6.07) is 5.49. The van der Waals surface area contributed by atoms with Gasteiger partial charge in [0.15, 0.2) is 10.9 Å². The van der Waals surface area contributed by atoms with Crippen LogP contribution >= 0.6 is 0 Å². The van der Waals surface area contributed by atoms with Crippen LogP contribution in [0.15, 0.2) is 54.8 Å². The molecular weight excluding hydrogens is 648 g/mol. The summed E-state index contributed by atoms with van der Waals surface area (Å²) < 4.78 is 33.8. The Labute approximate surface area is 266 Å². The van der Waals surface area contributed by atoms with E-state index < -0.39 is 75.4 Å². The third-order valence-electron chi connectivity index (χ3n) is 5.55. The fraction of sp³-hybridized carbons (Fsp3) is 0.200. The van der Waals surface area contributed by atoms with Gasteiger partial charge >= 0.3 is 35.8 Å². The number of phenols is 2. The number of esters is 5. The Balaban J connectivity index is 0.000000324. The van der Waals surface area contributed by atoms with Crippen molar-refractivity contribution in [2.24, 2.45) is 0 Å². The van der Waals surface area contributed by atoms with E-state index in [4.69, 9.17) is 33.3 Å². The highest BCUT2D eigenvalue weighted by molar-refractivity contribution is 6.31. The van der Waals surface area contributed by atoms with Crippen LogP contribution in [0.5, 0.6) is 23.0 Å². The molecule has 2 heterocycles. The van der Waals surface area contributed by atoms with Gasteiger partial charge in [-0.05, 0) is 20.8 Å². The van der Waals surface area contributed by atoms with Crippen molar-refractivity contribution >= 4 is 57.8 Å². The molecule has 0 spiro atoms. The van der Waals surface area contributed by atoms with Gasteiger partial charge in [0.2, 0.25) is 11.5 Å². The summed E-state index contributed by atoms with van der Waals surface area (Å²) in [7, 11) is 0. The summed E-state index contributed by atoms with van der Waals surface area (Å²) >= 11 is 0. The standard InChI is InChI=1S/C20H18O12.C10H6O6/c1-4-27-16(22)14-9-11(21)15-12(31-14)7-10(30-19(25)17(23)28-5-2)8-13(15)32-20(26)18(24)29-6-3;11-4-1-5(12)9-6(13)3-8(10(14)15)16-7(9)2-4/h7-9H,4-6H2,1-3H3;1-3,11-12H,(H,14,15). The number of fused-ring (bicyclic) bond motifs is 2. The molecule has 0 bridgehead atoms. The number of phenolic OH excluding ortho intramolecular Hbond substituents is 2. The summed E-state index contributed by atoms with van der Waals surface area (Å²) in [6.45, 7) is 4.27. The van der Waals surface area contributed by atoms with Crippen molar-refractivity contribution in [2.75, 3.05) is 19.8 Å². The molecule has 0 saturated carbocycles. The molecule has 0 aliphatic heterocycles. The molecule has 3 N–H and O–H groups in total. The van der Waals surface area contributed by atoms with E-state index in [-0.39, 0.29) is 47.5 Å². The molecular formula is C30H24O18. The maximum atomic E-state index is 12.6. The molecule has 4 aromatic rings. The minimum absolute atomic E-state index is 0.000175. The van der Waals surface area contributed by atoms with Crippen LogP contribution in [0.4, 0.5) is 0 Å². The van der Waals surface area contributed by atoms with Crippen LogP contribution in [-0.4, -0.2) is 71.0 Å². The number of carboxylic acid groups (broad SMARTS) is 1. The second-order valence-electron chi connectivity index (χ2n) is 8.83. The van der Waals surface area contributed by atoms with Gasteiger partial charge in [-0.3, -0.25) is 9.59 Å². The van der Waals surface area contributed by atoms with Crippen molar-refractivity contribution in [1.82, 2.24) is 0 Å². The average molecular weight is 673 g/mol. The average Bonchev–Trinajstić information content (AvgIpc) is 3.00. The Morgan fingerprint density at radius 1 is 0.625 bits per heavy atom. The number of benzene rings is 2. The van der Waals surface area contributed by atoms with Gasteiger partial charge in [0.25, 0.3) is 0 Å². The van der Waals surface area contributed by atoms with E-state index in [1.165, 1.54) is 20.8 Å². The summed E-state index contributed by atoms with van der Waals surface area (Å²) in [6.07, 6.45) is 0. The van der Waals surface area contributed by atoms with Crippen molar-refractivity contribution in [2.45, 2.75) is 20.8 Å². The number of hydrogen-bond acceptors (Lipinski definition) is 17. The SMILES string of the molecule is CCOC(=O)C(=O)Oc1cc(OC(=O)C(=O)OCC)c2c(=O)cc(C(=O)OCC)oc2c1.O=C(O)c1cc(=O)c2c(O)cc(O)cc2o1. The number of hydrogen-bond donors (Lipinski definition) is 3. The molecule has 252 valence electrons. The zero-order valence-electron chi connectivity index (χ0n) is 25.1. The van der Waals surface area contributed by atoms with Crippen molar-refractivity contribution in [1.29, 1.82) is 0 Å². The van der Waals surface area contributed by atoms with Crippen molar-refractivity contribution in [3.63, 3.8) is 0 Å². The molecule has 4 rings (SSSR count). The van der Waals surface area contributed by atoms with Gasteiger partial charge in [-0.25, -0.2) is 28.8 Å². The number of carboxylic acids is 1. The van der Waals surface area contributed by atoms with E-state index in [9.17, 15) is 43.5 Å².